The van der Waals surface area contributed by atoms with Gasteiger partial charge in [-0.25, -0.2) is 0 Å². The number of aromatic nitrogens is 2. The number of rotatable bonds is 0. The highest BCUT2D eigenvalue weighted by molar-refractivity contribution is 6.05. The summed E-state index contributed by atoms with van der Waals surface area (Å²) in [5, 5.41) is 3.55. The molecule has 78 valence electrons. The Hall–Kier alpha value is -1.96. The van der Waals surface area contributed by atoms with Crippen molar-refractivity contribution in [2.75, 3.05) is 0 Å². The summed E-state index contributed by atoms with van der Waals surface area (Å²) in [4.78, 5) is 8.86. The van der Waals surface area contributed by atoms with Gasteiger partial charge in [0.25, 0.3) is 0 Å². The lowest BCUT2D eigenvalue weighted by Gasteiger charge is -2.05. The Kier molecular flexibility index (Phi) is 1.90. The summed E-state index contributed by atoms with van der Waals surface area (Å²) >= 11 is 0. The van der Waals surface area contributed by atoms with Crippen LogP contribution in [0.4, 0.5) is 0 Å². The second-order valence-electron chi connectivity index (χ2n) is 4.14. The van der Waals surface area contributed by atoms with Crippen LogP contribution in [-0.2, 0) is 0 Å². The second-order valence-corrected chi connectivity index (χ2v) is 4.14. The largest absolute Gasteiger partial charge is 0.264 e. The zero-order valence-electron chi connectivity index (χ0n) is 9.36. The molecule has 0 radical (unpaired) electrons. The molecular formula is C14H12N2. The number of hydrogen-bond donors (Lipinski definition) is 0. The molecule has 0 bridgehead atoms. The average Bonchev–Trinajstić information content (AvgIpc) is 2.29. The van der Waals surface area contributed by atoms with Gasteiger partial charge in [-0.15, -0.1) is 0 Å². The Labute approximate surface area is 94.0 Å². The van der Waals surface area contributed by atoms with Crippen molar-refractivity contribution in [3.05, 3.63) is 47.9 Å². The lowest BCUT2D eigenvalue weighted by molar-refractivity contribution is 1.25. The molecule has 0 amide bonds. The van der Waals surface area contributed by atoms with Crippen molar-refractivity contribution in [2.45, 2.75) is 13.8 Å². The topological polar surface area (TPSA) is 25.8 Å². The van der Waals surface area contributed by atoms with Crippen LogP contribution in [0.2, 0.25) is 0 Å². The maximum atomic E-state index is 4.60. The maximum Gasteiger partial charge on any atom is 0.0799 e. The Bertz CT molecular complexity index is 687. The lowest BCUT2D eigenvalue weighted by Crippen LogP contribution is -1.87. The van der Waals surface area contributed by atoms with E-state index in [1.807, 2.05) is 25.4 Å². The van der Waals surface area contributed by atoms with E-state index in [1.54, 1.807) is 0 Å². The molecule has 0 saturated carbocycles. The van der Waals surface area contributed by atoms with Crippen molar-refractivity contribution >= 4 is 21.7 Å². The van der Waals surface area contributed by atoms with E-state index >= 15 is 0 Å². The first-order valence-corrected chi connectivity index (χ1v) is 5.36. The third kappa shape index (κ3) is 1.27. The van der Waals surface area contributed by atoms with Crippen LogP contribution in [0.5, 0.6) is 0 Å². The summed E-state index contributed by atoms with van der Waals surface area (Å²) in [6, 6.07) is 8.42. The Morgan fingerprint density at radius 1 is 0.875 bits per heavy atom. The number of nitrogens with zero attached hydrogens (tertiary/aromatic N) is 2. The highest BCUT2D eigenvalue weighted by Crippen LogP contribution is 2.25. The third-order valence-electron chi connectivity index (χ3n) is 2.94. The molecule has 16 heavy (non-hydrogen) atoms. The van der Waals surface area contributed by atoms with E-state index in [0.717, 1.165) is 16.6 Å². The predicted octanol–water partition coefficient (Wildman–Crippen LogP) is 3.40. The highest BCUT2D eigenvalue weighted by atomic mass is 14.7. The molecule has 0 N–H and O–H groups in total. The number of fused-ring (bicyclic) bond motifs is 3. The van der Waals surface area contributed by atoms with E-state index in [1.165, 1.54) is 16.3 Å². The summed E-state index contributed by atoms with van der Waals surface area (Å²) < 4.78 is 0. The monoisotopic (exact) mass is 208 g/mol. The van der Waals surface area contributed by atoms with Crippen molar-refractivity contribution in [1.82, 2.24) is 9.97 Å². The van der Waals surface area contributed by atoms with Crippen LogP contribution in [0.1, 0.15) is 11.3 Å². The molecule has 0 aliphatic rings. The zero-order valence-corrected chi connectivity index (χ0v) is 9.36. The SMILES string of the molecule is Cc1ccc2ccc3c(C)cncc3c2n1. The van der Waals surface area contributed by atoms with E-state index < -0.39 is 0 Å². The maximum absolute atomic E-state index is 4.60. The van der Waals surface area contributed by atoms with Crippen LogP contribution in [0, 0.1) is 13.8 Å². The molecule has 0 spiro atoms. The van der Waals surface area contributed by atoms with Crippen molar-refractivity contribution < 1.29 is 0 Å². The minimum atomic E-state index is 1.04. The molecule has 0 unspecified atom stereocenters. The Morgan fingerprint density at radius 2 is 1.69 bits per heavy atom. The van der Waals surface area contributed by atoms with E-state index in [-0.39, 0.29) is 0 Å². The van der Waals surface area contributed by atoms with Gasteiger partial charge in [-0.1, -0.05) is 18.2 Å². The molecule has 0 aliphatic carbocycles. The van der Waals surface area contributed by atoms with Gasteiger partial charge in [0.1, 0.15) is 0 Å². The zero-order chi connectivity index (χ0) is 11.1. The summed E-state index contributed by atoms with van der Waals surface area (Å²) in [7, 11) is 0. The predicted molar refractivity (Wildman–Crippen MR) is 66.5 cm³/mol. The molecule has 3 rings (SSSR count). The summed E-state index contributed by atoms with van der Waals surface area (Å²) in [6.45, 7) is 4.10. The molecular weight excluding hydrogens is 196 g/mol. The van der Waals surface area contributed by atoms with Crippen LogP contribution in [0.25, 0.3) is 21.7 Å². The summed E-state index contributed by atoms with van der Waals surface area (Å²) in [5.41, 5.74) is 3.29. The van der Waals surface area contributed by atoms with E-state index in [0.29, 0.717) is 0 Å². The van der Waals surface area contributed by atoms with Crippen molar-refractivity contribution in [1.29, 1.82) is 0 Å². The molecule has 2 aromatic heterocycles. The van der Waals surface area contributed by atoms with Crippen molar-refractivity contribution in [2.24, 2.45) is 0 Å². The van der Waals surface area contributed by atoms with Gasteiger partial charge in [0, 0.05) is 28.9 Å². The minimum Gasteiger partial charge on any atom is -0.264 e. The quantitative estimate of drug-likeness (QED) is 0.529. The van der Waals surface area contributed by atoms with Gasteiger partial charge in [-0.05, 0) is 30.9 Å². The van der Waals surface area contributed by atoms with Gasteiger partial charge >= 0.3 is 0 Å². The fourth-order valence-corrected chi connectivity index (χ4v) is 2.08. The first-order valence-electron chi connectivity index (χ1n) is 5.36. The van der Waals surface area contributed by atoms with Gasteiger partial charge in [-0.2, -0.15) is 0 Å². The van der Waals surface area contributed by atoms with Crippen LogP contribution in [0.3, 0.4) is 0 Å². The van der Waals surface area contributed by atoms with Gasteiger partial charge in [0.15, 0.2) is 0 Å². The average molecular weight is 208 g/mol. The van der Waals surface area contributed by atoms with E-state index in [2.05, 4.69) is 35.1 Å². The van der Waals surface area contributed by atoms with Crippen LogP contribution >= 0.6 is 0 Å². The van der Waals surface area contributed by atoms with E-state index in [9.17, 15) is 0 Å². The van der Waals surface area contributed by atoms with Gasteiger partial charge in [0.05, 0.1) is 5.52 Å². The standard InChI is InChI=1S/C14H12N2/c1-9-7-15-8-13-12(9)6-5-11-4-3-10(2)16-14(11)13/h3-8H,1-2H3. The normalized spacial score (nSPS) is 11.1. The number of aryl methyl sites for hydroxylation is 2. The fraction of sp³-hybridized carbons (Fsp3) is 0.143. The van der Waals surface area contributed by atoms with Crippen LogP contribution in [-0.4, -0.2) is 9.97 Å². The van der Waals surface area contributed by atoms with Crippen molar-refractivity contribution in [3.8, 4) is 0 Å². The van der Waals surface area contributed by atoms with Gasteiger partial charge < -0.3 is 0 Å². The smallest absolute Gasteiger partial charge is 0.0799 e. The van der Waals surface area contributed by atoms with Crippen molar-refractivity contribution in [3.63, 3.8) is 0 Å². The second kappa shape index (κ2) is 3.27. The molecule has 1 aromatic carbocycles. The summed E-state index contributed by atoms with van der Waals surface area (Å²) in [5.74, 6) is 0. The molecule has 2 nitrogen and oxygen atoms in total. The Morgan fingerprint density at radius 3 is 2.56 bits per heavy atom. The number of pyridine rings is 2. The van der Waals surface area contributed by atoms with Gasteiger partial charge in [0.2, 0.25) is 0 Å². The lowest BCUT2D eigenvalue weighted by atomic mass is 10.0. The molecule has 0 aliphatic heterocycles. The number of hydrogen-bond acceptors (Lipinski definition) is 2. The van der Waals surface area contributed by atoms with Gasteiger partial charge in [-0.3, -0.25) is 9.97 Å². The molecule has 0 saturated heterocycles. The molecule has 0 fully saturated rings. The third-order valence-corrected chi connectivity index (χ3v) is 2.94. The number of benzene rings is 1. The van der Waals surface area contributed by atoms with E-state index in [4.69, 9.17) is 0 Å². The summed E-state index contributed by atoms with van der Waals surface area (Å²) in [6.07, 6.45) is 3.79. The van der Waals surface area contributed by atoms with Crippen LogP contribution in [0.15, 0.2) is 36.7 Å². The molecule has 2 heterocycles. The molecule has 2 heteroatoms. The first kappa shape index (κ1) is 9.28. The highest BCUT2D eigenvalue weighted by Gasteiger charge is 2.03. The molecule has 3 aromatic rings. The Balaban J connectivity index is 2.58. The molecule has 0 atom stereocenters. The fourth-order valence-electron chi connectivity index (χ4n) is 2.08. The first-order chi connectivity index (χ1) is 7.75. The van der Waals surface area contributed by atoms with Crippen LogP contribution < -0.4 is 0 Å². The minimum absolute atomic E-state index is 1.04.